The van der Waals surface area contributed by atoms with E-state index in [0.29, 0.717) is 18.4 Å². The predicted molar refractivity (Wildman–Crippen MR) is 99.9 cm³/mol. The van der Waals surface area contributed by atoms with Crippen LogP contribution in [0.1, 0.15) is 22.3 Å². The Kier molecular flexibility index (Phi) is 6.77. The van der Waals surface area contributed by atoms with Crippen LogP contribution in [0.25, 0.3) is 0 Å². The first-order valence-corrected chi connectivity index (χ1v) is 9.14. The summed E-state index contributed by atoms with van der Waals surface area (Å²) in [5.41, 5.74) is 1.53. The summed E-state index contributed by atoms with van der Waals surface area (Å²) >= 11 is 0. The molecule has 28 heavy (non-hydrogen) atoms. The van der Waals surface area contributed by atoms with Crippen LogP contribution in [0.3, 0.4) is 0 Å². The highest BCUT2D eigenvalue weighted by Gasteiger charge is 2.44. The Morgan fingerprint density at radius 3 is 2.43 bits per heavy atom. The lowest BCUT2D eigenvalue weighted by atomic mass is 9.99. The highest BCUT2D eigenvalue weighted by Crippen LogP contribution is 2.25. The lowest BCUT2D eigenvalue weighted by Gasteiger charge is -2.39. The van der Waals surface area contributed by atoms with E-state index in [1.54, 1.807) is 18.2 Å². The molecule has 150 valence electrons. The number of carbonyl (C=O) groups is 1. The average molecular weight is 388 g/mol. The Bertz CT molecular complexity index is 777. The van der Waals surface area contributed by atoms with Crippen LogP contribution < -0.4 is 4.74 Å². The van der Waals surface area contributed by atoms with Crippen LogP contribution in [0.15, 0.2) is 54.6 Å². The molecule has 7 nitrogen and oxygen atoms in total. The Morgan fingerprint density at radius 1 is 0.964 bits per heavy atom. The highest BCUT2D eigenvalue weighted by atomic mass is 16.7. The van der Waals surface area contributed by atoms with Crippen molar-refractivity contribution in [2.45, 2.75) is 43.5 Å². The molecular weight excluding hydrogens is 364 g/mol. The Morgan fingerprint density at radius 2 is 1.71 bits per heavy atom. The summed E-state index contributed by atoms with van der Waals surface area (Å²) in [6.45, 7) is -0.539. The smallest absolute Gasteiger partial charge is 0.229 e. The van der Waals surface area contributed by atoms with Gasteiger partial charge >= 0.3 is 0 Å². The third-order valence-corrected chi connectivity index (χ3v) is 4.74. The number of benzene rings is 2. The van der Waals surface area contributed by atoms with Gasteiger partial charge in [-0.1, -0.05) is 42.5 Å². The highest BCUT2D eigenvalue weighted by molar-refractivity contribution is 5.96. The minimum Gasteiger partial charge on any atom is -0.462 e. The summed E-state index contributed by atoms with van der Waals surface area (Å²) < 4.78 is 10.9. The van der Waals surface area contributed by atoms with Gasteiger partial charge in [-0.2, -0.15) is 0 Å². The van der Waals surface area contributed by atoms with E-state index in [-0.39, 0.29) is 11.5 Å². The first kappa shape index (κ1) is 20.4. The van der Waals surface area contributed by atoms with Crippen LogP contribution in [-0.2, 0) is 11.2 Å². The van der Waals surface area contributed by atoms with Crippen molar-refractivity contribution in [3.05, 3.63) is 65.7 Å². The third kappa shape index (κ3) is 4.76. The standard InChI is InChI=1S/C21H24O7/c22-12-17-18(24)19(25)20(26)21(28-17)27-15-8-4-7-14(11-15)16(23)10-9-13-5-2-1-3-6-13/h1-8,11,17-22,24-26H,9-10,12H2/t17-,18-,19+,20-,21-/m1/s1. The fourth-order valence-corrected chi connectivity index (χ4v) is 3.09. The average Bonchev–Trinajstić information content (AvgIpc) is 2.73. The Labute approximate surface area is 162 Å². The molecule has 0 aromatic heterocycles. The van der Waals surface area contributed by atoms with Crippen molar-refractivity contribution in [1.82, 2.24) is 0 Å². The lowest BCUT2D eigenvalue weighted by molar-refractivity contribution is -0.277. The van der Waals surface area contributed by atoms with E-state index >= 15 is 0 Å². The second-order valence-corrected chi connectivity index (χ2v) is 6.75. The maximum Gasteiger partial charge on any atom is 0.229 e. The second kappa shape index (κ2) is 9.27. The molecule has 0 aliphatic carbocycles. The number of hydrogen-bond acceptors (Lipinski definition) is 7. The van der Waals surface area contributed by atoms with Crippen molar-refractivity contribution >= 4 is 5.78 Å². The van der Waals surface area contributed by atoms with Crippen LogP contribution in [0.4, 0.5) is 0 Å². The normalized spacial score (nSPS) is 27.4. The number of ketones is 1. The SMILES string of the molecule is O=C(CCc1ccccc1)c1cccc(O[C@@H]2O[C@H](CO)[C@@H](O)[C@H](O)[C@H]2O)c1. The van der Waals surface area contributed by atoms with Crippen molar-refractivity contribution in [3.8, 4) is 5.75 Å². The molecule has 0 unspecified atom stereocenters. The van der Waals surface area contributed by atoms with E-state index in [4.69, 9.17) is 9.47 Å². The van der Waals surface area contributed by atoms with E-state index in [2.05, 4.69) is 0 Å². The largest absolute Gasteiger partial charge is 0.462 e. The molecule has 0 bridgehead atoms. The number of rotatable bonds is 7. The molecule has 1 aliphatic heterocycles. The van der Waals surface area contributed by atoms with Crippen LogP contribution >= 0.6 is 0 Å². The predicted octanol–water partition coefficient (Wildman–Crippen LogP) is 0.681. The van der Waals surface area contributed by atoms with Crippen molar-refractivity contribution in [2.24, 2.45) is 0 Å². The van der Waals surface area contributed by atoms with Gasteiger partial charge in [-0.15, -0.1) is 0 Å². The molecule has 1 fully saturated rings. The van der Waals surface area contributed by atoms with Gasteiger partial charge in [-0.05, 0) is 24.1 Å². The molecule has 2 aromatic carbocycles. The zero-order valence-corrected chi connectivity index (χ0v) is 15.2. The molecule has 5 atom stereocenters. The summed E-state index contributed by atoms with van der Waals surface area (Å²) in [5.74, 6) is 0.220. The second-order valence-electron chi connectivity index (χ2n) is 6.75. The zero-order valence-electron chi connectivity index (χ0n) is 15.2. The quantitative estimate of drug-likeness (QED) is 0.516. The summed E-state index contributed by atoms with van der Waals surface area (Å²) in [7, 11) is 0. The Hall–Kier alpha value is -2.29. The van der Waals surface area contributed by atoms with E-state index in [9.17, 15) is 25.2 Å². The molecule has 1 saturated heterocycles. The van der Waals surface area contributed by atoms with Gasteiger partial charge < -0.3 is 29.9 Å². The summed E-state index contributed by atoms with van der Waals surface area (Å²) in [6, 6.07) is 16.2. The van der Waals surface area contributed by atoms with E-state index in [1.165, 1.54) is 6.07 Å². The number of Topliss-reactive ketones (excluding diaryl/α,β-unsaturated/α-hetero) is 1. The molecule has 7 heteroatoms. The van der Waals surface area contributed by atoms with Crippen LogP contribution in [0, 0.1) is 0 Å². The number of ether oxygens (including phenoxy) is 2. The molecule has 1 aliphatic rings. The zero-order chi connectivity index (χ0) is 20.1. The molecule has 0 spiro atoms. The van der Waals surface area contributed by atoms with Gasteiger partial charge in [0.1, 0.15) is 30.2 Å². The van der Waals surface area contributed by atoms with Gasteiger partial charge in [0, 0.05) is 12.0 Å². The van der Waals surface area contributed by atoms with Crippen molar-refractivity contribution < 1.29 is 34.7 Å². The fourth-order valence-electron chi connectivity index (χ4n) is 3.09. The third-order valence-electron chi connectivity index (χ3n) is 4.74. The molecule has 3 rings (SSSR count). The number of aliphatic hydroxyl groups excluding tert-OH is 4. The van der Waals surface area contributed by atoms with E-state index in [1.807, 2.05) is 30.3 Å². The molecular formula is C21H24O7. The number of hydrogen-bond donors (Lipinski definition) is 4. The van der Waals surface area contributed by atoms with Gasteiger partial charge in [0.2, 0.25) is 6.29 Å². The minimum atomic E-state index is -1.52. The fraction of sp³-hybridized carbons (Fsp3) is 0.381. The van der Waals surface area contributed by atoms with Crippen molar-refractivity contribution in [2.75, 3.05) is 6.61 Å². The number of aryl methyl sites for hydroxylation is 1. The summed E-state index contributed by atoms with van der Waals surface area (Å²) in [5, 5.41) is 39.0. The van der Waals surface area contributed by atoms with Gasteiger partial charge in [0.15, 0.2) is 5.78 Å². The van der Waals surface area contributed by atoms with Crippen LogP contribution in [0.5, 0.6) is 5.75 Å². The number of carbonyl (C=O) groups excluding carboxylic acids is 1. The molecule has 2 aromatic rings. The lowest BCUT2D eigenvalue weighted by Crippen LogP contribution is -2.60. The van der Waals surface area contributed by atoms with E-state index < -0.39 is 37.3 Å². The molecule has 1 heterocycles. The van der Waals surface area contributed by atoms with E-state index in [0.717, 1.165) is 5.56 Å². The maximum absolute atomic E-state index is 12.5. The first-order chi connectivity index (χ1) is 13.5. The summed E-state index contributed by atoms with van der Waals surface area (Å²) in [6.07, 6.45) is -5.86. The molecule has 0 radical (unpaired) electrons. The number of aliphatic hydroxyl groups is 4. The summed E-state index contributed by atoms with van der Waals surface area (Å²) in [4.78, 5) is 12.5. The van der Waals surface area contributed by atoms with Crippen molar-refractivity contribution in [3.63, 3.8) is 0 Å². The molecule has 4 N–H and O–H groups in total. The Balaban J connectivity index is 1.65. The van der Waals surface area contributed by atoms with Crippen LogP contribution in [-0.4, -0.2) is 63.5 Å². The first-order valence-electron chi connectivity index (χ1n) is 9.14. The van der Waals surface area contributed by atoms with Gasteiger partial charge in [-0.3, -0.25) is 4.79 Å². The maximum atomic E-state index is 12.5. The molecule has 0 saturated carbocycles. The van der Waals surface area contributed by atoms with Gasteiger partial charge in [0.05, 0.1) is 6.61 Å². The van der Waals surface area contributed by atoms with Crippen molar-refractivity contribution in [1.29, 1.82) is 0 Å². The van der Waals surface area contributed by atoms with Gasteiger partial charge in [-0.25, -0.2) is 0 Å². The molecule has 0 amide bonds. The minimum absolute atomic E-state index is 0.0527. The topological polar surface area (TPSA) is 116 Å². The monoisotopic (exact) mass is 388 g/mol. The van der Waals surface area contributed by atoms with Gasteiger partial charge in [0.25, 0.3) is 0 Å². The van der Waals surface area contributed by atoms with Crippen LogP contribution in [0.2, 0.25) is 0 Å².